The van der Waals surface area contributed by atoms with Crippen molar-refractivity contribution in [3.63, 3.8) is 0 Å². The topological polar surface area (TPSA) is 66.9 Å². The fourth-order valence-corrected chi connectivity index (χ4v) is 5.56. The summed E-state index contributed by atoms with van der Waals surface area (Å²) in [5, 5.41) is 7.82. The van der Waals surface area contributed by atoms with Gasteiger partial charge in [-0.15, -0.1) is 11.3 Å². The van der Waals surface area contributed by atoms with Gasteiger partial charge in [-0.25, -0.2) is 9.97 Å². The van der Waals surface area contributed by atoms with Gasteiger partial charge in [-0.05, 0) is 44.1 Å². The summed E-state index contributed by atoms with van der Waals surface area (Å²) in [5.41, 5.74) is 1.34. The smallest absolute Gasteiger partial charge is 0.220 e. The molecule has 0 spiro atoms. The van der Waals surface area contributed by atoms with E-state index in [-0.39, 0.29) is 5.91 Å². The second kappa shape index (κ2) is 7.28. The highest BCUT2D eigenvalue weighted by Crippen LogP contribution is 2.46. The molecule has 2 heterocycles. The lowest BCUT2D eigenvalue weighted by atomic mass is 9.94. The molecule has 2 N–H and O–H groups in total. The van der Waals surface area contributed by atoms with Crippen LogP contribution in [-0.4, -0.2) is 28.5 Å². The number of aromatic nitrogens is 2. The summed E-state index contributed by atoms with van der Waals surface area (Å²) in [5.74, 6) is 1.43. The van der Waals surface area contributed by atoms with Gasteiger partial charge in [0.2, 0.25) is 5.91 Å². The van der Waals surface area contributed by atoms with Crippen LogP contribution in [0.2, 0.25) is 0 Å². The van der Waals surface area contributed by atoms with Crippen LogP contribution in [-0.2, 0) is 11.2 Å². The molecule has 25 heavy (non-hydrogen) atoms. The predicted molar refractivity (Wildman–Crippen MR) is 102 cm³/mol. The Hall–Kier alpha value is -1.69. The molecule has 1 atom stereocenters. The average molecular weight is 359 g/mol. The third kappa shape index (κ3) is 3.36. The van der Waals surface area contributed by atoms with E-state index >= 15 is 0 Å². The molecule has 1 saturated carbocycles. The Morgan fingerprint density at radius 1 is 1.24 bits per heavy atom. The first-order chi connectivity index (χ1) is 12.3. The van der Waals surface area contributed by atoms with E-state index in [4.69, 9.17) is 0 Å². The number of hydrogen-bond donors (Lipinski definition) is 2. The quantitative estimate of drug-likeness (QED) is 0.848. The molecule has 0 aliphatic heterocycles. The molecule has 1 amide bonds. The number of aryl methyl sites for hydroxylation is 1. The van der Waals surface area contributed by atoms with Gasteiger partial charge in [-0.3, -0.25) is 4.79 Å². The Morgan fingerprint density at radius 3 is 2.88 bits per heavy atom. The predicted octanol–water partition coefficient (Wildman–Crippen LogP) is 3.99. The standard InChI is InChI=1S/C19H26N4OS/c1-2-20-15(24)10-12-8-9-14-16(12)17-18(21-11-22-19(17)25-14)23-13-6-4-3-5-7-13/h11-13H,2-10H2,1H3,(H,20,24)(H,21,22,23). The van der Waals surface area contributed by atoms with Crippen LogP contribution >= 0.6 is 11.3 Å². The van der Waals surface area contributed by atoms with Crippen LogP contribution in [0.4, 0.5) is 5.82 Å². The molecule has 2 aliphatic carbocycles. The highest BCUT2D eigenvalue weighted by Gasteiger charge is 2.31. The van der Waals surface area contributed by atoms with Crippen LogP contribution in [0, 0.1) is 0 Å². The summed E-state index contributed by atoms with van der Waals surface area (Å²) in [7, 11) is 0. The van der Waals surface area contributed by atoms with Gasteiger partial charge in [0.25, 0.3) is 0 Å². The van der Waals surface area contributed by atoms with Gasteiger partial charge in [0.1, 0.15) is 17.0 Å². The summed E-state index contributed by atoms with van der Waals surface area (Å²) in [6.07, 6.45) is 10.8. The number of nitrogens with zero attached hydrogens (tertiary/aromatic N) is 2. The number of anilines is 1. The summed E-state index contributed by atoms with van der Waals surface area (Å²) in [4.78, 5) is 23.7. The molecule has 0 radical (unpaired) electrons. The highest BCUT2D eigenvalue weighted by molar-refractivity contribution is 7.19. The molecule has 1 fully saturated rings. The number of nitrogens with one attached hydrogen (secondary N) is 2. The van der Waals surface area contributed by atoms with E-state index in [1.807, 2.05) is 6.92 Å². The fourth-order valence-electron chi connectivity index (χ4n) is 4.31. The van der Waals surface area contributed by atoms with E-state index in [1.54, 1.807) is 17.7 Å². The van der Waals surface area contributed by atoms with Crippen molar-refractivity contribution in [2.75, 3.05) is 11.9 Å². The van der Waals surface area contributed by atoms with Crippen molar-refractivity contribution >= 4 is 33.3 Å². The Bertz CT molecular complexity index is 766. The Morgan fingerprint density at radius 2 is 2.08 bits per heavy atom. The van der Waals surface area contributed by atoms with E-state index in [1.165, 1.54) is 47.9 Å². The first-order valence-electron chi connectivity index (χ1n) is 9.55. The fraction of sp³-hybridized carbons (Fsp3) is 0.632. The largest absolute Gasteiger partial charge is 0.367 e. The molecular weight excluding hydrogens is 332 g/mol. The lowest BCUT2D eigenvalue weighted by Gasteiger charge is -2.24. The van der Waals surface area contributed by atoms with Crippen LogP contribution in [0.3, 0.4) is 0 Å². The third-order valence-electron chi connectivity index (χ3n) is 5.48. The maximum atomic E-state index is 12.1. The maximum Gasteiger partial charge on any atom is 0.220 e. The summed E-state index contributed by atoms with van der Waals surface area (Å²) in [6, 6.07) is 0.519. The van der Waals surface area contributed by atoms with Crippen molar-refractivity contribution in [2.45, 2.75) is 70.3 Å². The van der Waals surface area contributed by atoms with Gasteiger partial charge >= 0.3 is 0 Å². The molecule has 134 valence electrons. The molecule has 0 saturated heterocycles. The normalized spacial score (nSPS) is 20.6. The minimum Gasteiger partial charge on any atom is -0.367 e. The second-order valence-electron chi connectivity index (χ2n) is 7.21. The van der Waals surface area contributed by atoms with Crippen LogP contribution < -0.4 is 10.6 Å². The molecule has 4 rings (SSSR count). The molecule has 0 bridgehead atoms. The van der Waals surface area contributed by atoms with E-state index < -0.39 is 0 Å². The molecule has 5 nitrogen and oxygen atoms in total. The van der Waals surface area contributed by atoms with Gasteiger partial charge in [0, 0.05) is 23.9 Å². The summed E-state index contributed by atoms with van der Waals surface area (Å²) < 4.78 is 0. The van der Waals surface area contributed by atoms with Gasteiger partial charge in [-0.1, -0.05) is 19.3 Å². The average Bonchev–Trinajstić information content (AvgIpc) is 3.16. The van der Waals surface area contributed by atoms with Crippen molar-refractivity contribution in [2.24, 2.45) is 0 Å². The zero-order valence-electron chi connectivity index (χ0n) is 14.8. The number of fused-ring (bicyclic) bond motifs is 3. The van der Waals surface area contributed by atoms with Gasteiger partial charge in [0.05, 0.1) is 5.39 Å². The number of carbonyl (C=O) groups is 1. The van der Waals surface area contributed by atoms with Gasteiger partial charge in [0.15, 0.2) is 0 Å². The highest BCUT2D eigenvalue weighted by atomic mass is 32.1. The van der Waals surface area contributed by atoms with Crippen molar-refractivity contribution in [1.29, 1.82) is 0 Å². The monoisotopic (exact) mass is 358 g/mol. The lowest BCUT2D eigenvalue weighted by Crippen LogP contribution is -2.24. The lowest BCUT2D eigenvalue weighted by molar-refractivity contribution is -0.121. The van der Waals surface area contributed by atoms with Crippen LogP contribution in [0.15, 0.2) is 6.33 Å². The van der Waals surface area contributed by atoms with Crippen LogP contribution in [0.25, 0.3) is 10.2 Å². The molecule has 2 aliphatic rings. The number of amides is 1. The zero-order valence-corrected chi connectivity index (χ0v) is 15.6. The van der Waals surface area contributed by atoms with E-state index in [0.717, 1.165) is 23.5 Å². The number of rotatable bonds is 5. The zero-order chi connectivity index (χ0) is 17.2. The molecular formula is C19H26N4OS. The molecule has 2 aromatic heterocycles. The minimum atomic E-state index is 0.151. The van der Waals surface area contributed by atoms with Crippen molar-refractivity contribution in [3.05, 3.63) is 16.8 Å². The Labute approximate surface area is 152 Å². The van der Waals surface area contributed by atoms with Crippen LogP contribution in [0.1, 0.15) is 68.2 Å². The number of thiophene rings is 1. The van der Waals surface area contributed by atoms with Crippen molar-refractivity contribution < 1.29 is 4.79 Å². The first kappa shape index (κ1) is 16.8. The molecule has 1 unspecified atom stereocenters. The number of carbonyl (C=O) groups excluding carboxylic acids is 1. The van der Waals surface area contributed by atoms with Crippen molar-refractivity contribution in [3.8, 4) is 0 Å². The van der Waals surface area contributed by atoms with E-state index in [0.29, 0.717) is 24.9 Å². The van der Waals surface area contributed by atoms with Crippen LogP contribution in [0.5, 0.6) is 0 Å². The maximum absolute atomic E-state index is 12.1. The molecule has 6 heteroatoms. The van der Waals surface area contributed by atoms with Gasteiger partial charge in [-0.2, -0.15) is 0 Å². The van der Waals surface area contributed by atoms with E-state index in [2.05, 4.69) is 20.6 Å². The molecule has 2 aromatic rings. The number of hydrogen-bond acceptors (Lipinski definition) is 5. The third-order valence-corrected chi connectivity index (χ3v) is 6.66. The second-order valence-corrected chi connectivity index (χ2v) is 8.30. The van der Waals surface area contributed by atoms with Gasteiger partial charge < -0.3 is 10.6 Å². The summed E-state index contributed by atoms with van der Waals surface area (Å²) >= 11 is 1.78. The SMILES string of the molecule is CCNC(=O)CC1CCc2sc3ncnc(NC4CCCCC4)c3c21. The molecule has 0 aromatic carbocycles. The Balaban J connectivity index is 1.65. The summed E-state index contributed by atoms with van der Waals surface area (Å²) in [6.45, 7) is 2.67. The minimum absolute atomic E-state index is 0.151. The first-order valence-corrected chi connectivity index (χ1v) is 10.4. The van der Waals surface area contributed by atoms with Crippen molar-refractivity contribution in [1.82, 2.24) is 15.3 Å². The van der Waals surface area contributed by atoms with E-state index in [9.17, 15) is 4.79 Å². The Kier molecular flexibility index (Phi) is 4.88.